The summed E-state index contributed by atoms with van der Waals surface area (Å²) >= 11 is 0. The van der Waals surface area contributed by atoms with Crippen LogP contribution in [0.1, 0.15) is 13.3 Å². The summed E-state index contributed by atoms with van der Waals surface area (Å²) in [6, 6.07) is 9.00. The van der Waals surface area contributed by atoms with Crippen LogP contribution in [0.25, 0.3) is 16.7 Å². The topological polar surface area (TPSA) is 93.4 Å². The van der Waals surface area contributed by atoms with Crippen LogP contribution in [0.5, 0.6) is 0 Å². The second-order valence-electron chi connectivity index (χ2n) is 6.15. The Balaban J connectivity index is 1.77. The molecule has 26 heavy (non-hydrogen) atoms. The van der Waals surface area contributed by atoms with Gasteiger partial charge in [-0.05, 0) is 19.1 Å². The third-order valence-electron chi connectivity index (χ3n) is 4.57. The second kappa shape index (κ2) is 6.72. The number of nitrogens with zero attached hydrogens (tertiary/aromatic N) is 5. The molecule has 8 nitrogen and oxygen atoms in total. The van der Waals surface area contributed by atoms with E-state index in [2.05, 4.69) is 15.1 Å². The Kier molecular flexibility index (Phi) is 4.26. The Bertz CT molecular complexity index is 927. The largest absolute Gasteiger partial charge is 0.480 e. The summed E-state index contributed by atoms with van der Waals surface area (Å²) in [5.74, 6) is -0.304. The van der Waals surface area contributed by atoms with Crippen LogP contribution >= 0.6 is 0 Å². The van der Waals surface area contributed by atoms with Crippen LogP contribution in [0.2, 0.25) is 0 Å². The first kappa shape index (κ1) is 16.5. The quantitative estimate of drug-likeness (QED) is 0.748. The Morgan fingerprint density at radius 3 is 2.85 bits per heavy atom. The lowest BCUT2D eigenvalue weighted by atomic mass is 10.2. The van der Waals surface area contributed by atoms with Crippen molar-refractivity contribution < 1.29 is 14.6 Å². The Morgan fingerprint density at radius 2 is 2.12 bits per heavy atom. The van der Waals surface area contributed by atoms with Crippen molar-refractivity contribution in [3.05, 3.63) is 42.9 Å². The molecule has 134 valence electrons. The average molecular weight is 353 g/mol. The van der Waals surface area contributed by atoms with Gasteiger partial charge in [0.05, 0.1) is 23.4 Å². The molecule has 0 aliphatic carbocycles. The minimum atomic E-state index is -0.880. The lowest BCUT2D eigenvalue weighted by Gasteiger charge is -2.22. The molecule has 2 aromatic heterocycles. The Labute approximate surface area is 150 Å². The van der Waals surface area contributed by atoms with Crippen molar-refractivity contribution in [1.29, 1.82) is 0 Å². The molecular weight excluding hydrogens is 334 g/mol. The van der Waals surface area contributed by atoms with E-state index in [1.807, 2.05) is 37.3 Å². The van der Waals surface area contributed by atoms with Gasteiger partial charge in [-0.25, -0.2) is 19.4 Å². The van der Waals surface area contributed by atoms with E-state index in [1.54, 1.807) is 15.8 Å². The van der Waals surface area contributed by atoms with Crippen LogP contribution < -0.4 is 4.90 Å². The van der Waals surface area contributed by atoms with Crippen molar-refractivity contribution in [2.24, 2.45) is 0 Å². The first-order chi connectivity index (χ1) is 12.7. The molecule has 0 spiro atoms. The van der Waals surface area contributed by atoms with Gasteiger partial charge in [0, 0.05) is 19.6 Å². The molecule has 3 heterocycles. The zero-order valence-corrected chi connectivity index (χ0v) is 14.3. The third kappa shape index (κ3) is 2.78. The highest BCUT2D eigenvalue weighted by Gasteiger charge is 2.39. The zero-order chi connectivity index (χ0) is 18.1. The zero-order valence-electron chi connectivity index (χ0n) is 14.3. The van der Waals surface area contributed by atoms with Crippen molar-refractivity contribution in [2.75, 3.05) is 18.1 Å². The van der Waals surface area contributed by atoms with Gasteiger partial charge in [-0.3, -0.25) is 0 Å². The highest BCUT2D eigenvalue weighted by molar-refractivity contribution is 5.90. The van der Waals surface area contributed by atoms with Crippen LogP contribution in [0, 0.1) is 0 Å². The summed E-state index contributed by atoms with van der Waals surface area (Å²) in [5, 5.41) is 14.8. The number of hydrogen-bond acceptors (Lipinski definition) is 6. The summed E-state index contributed by atoms with van der Waals surface area (Å²) in [6.07, 6.45) is 3.44. The van der Waals surface area contributed by atoms with E-state index in [4.69, 9.17) is 4.74 Å². The van der Waals surface area contributed by atoms with Gasteiger partial charge in [0.1, 0.15) is 18.2 Å². The van der Waals surface area contributed by atoms with E-state index in [1.165, 1.54) is 6.33 Å². The van der Waals surface area contributed by atoms with Crippen molar-refractivity contribution in [2.45, 2.75) is 25.5 Å². The normalized spacial score (nSPS) is 20.0. The van der Waals surface area contributed by atoms with Crippen molar-refractivity contribution >= 4 is 22.8 Å². The van der Waals surface area contributed by atoms with E-state index in [0.29, 0.717) is 31.0 Å². The number of aromatic nitrogens is 4. The second-order valence-corrected chi connectivity index (χ2v) is 6.15. The molecular formula is C18H19N5O3. The van der Waals surface area contributed by atoms with E-state index >= 15 is 0 Å². The van der Waals surface area contributed by atoms with Gasteiger partial charge in [0.2, 0.25) is 0 Å². The molecule has 1 aliphatic heterocycles. The molecule has 0 amide bonds. The van der Waals surface area contributed by atoms with Crippen LogP contribution in [0.4, 0.5) is 5.82 Å². The highest BCUT2D eigenvalue weighted by Crippen LogP contribution is 2.31. The van der Waals surface area contributed by atoms with Gasteiger partial charge in [-0.15, -0.1) is 0 Å². The van der Waals surface area contributed by atoms with Crippen LogP contribution in [-0.2, 0) is 9.53 Å². The number of para-hydroxylation sites is 1. The predicted molar refractivity (Wildman–Crippen MR) is 95.5 cm³/mol. The number of anilines is 1. The molecule has 8 heteroatoms. The highest BCUT2D eigenvalue weighted by atomic mass is 16.5. The molecule has 1 aliphatic rings. The molecule has 1 fully saturated rings. The number of carboxylic acids is 1. The molecule has 0 saturated carbocycles. The number of ether oxygens (including phenoxy) is 1. The first-order valence-electron chi connectivity index (χ1n) is 8.54. The van der Waals surface area contributed by atoms with Crippen LogP contribution in [0.15, 0.2) is 42.9 Å². The van der Waals surface area contributed by atoms with Crippen molar-refractivity contribution in [1.82, 2.24) is 19.7 Å². The number of fused-ring (bicyclic) bond motifs is 1. The maximum Gasteiger partial charge on any atom is 0.326 e. The molecule has 4 rings (SSSR count). The molecule has 2 atom stereocenters. The smallest absolute Gasteiger partial charge is 0.326 e. The number of benzene rings is 1. The Morgan fingerprint density at radius 1 is 1.31 bits per heavy atom. The van der Waals surface area contributed by atoms with Gasteiger partial charge < -0.3 is 14.7 Å². The molecule has 1 aromatic carbocycles. The molecule has 0 unspecified atom stereocenters. The number of carbonyl (C=O) groups is 1. The van der Waals surface area contributed by atoms with Crippen molar-refractivity contribution in [3.8, 4) is 5.69 Å². The summed E-state index contributed by atoms with van der Waals surface area (Å²) in [6.45, 7) is 2.94. The SMILES string of the molecule is CCO[C@@H]1C[C@@H](C(=O)O)N(c2ncnc3c2cnn3-c2ccccc2)C1. The van der Waals surface area contributed by atoms with E-state index in [-0.39, 0.29) is 6.10 Å². The molecule has 1 saturated heterocycles. The Hall–Kier alpha value is -3.00. The monoisotopic (exact) mass is 353 g/mol. The number of carboxylic acid groups (broad SMARTS) is 1. The summed E-state index contributed by atoms with van der Waals surface area (Å²) in [4.78, 5) is 22.2. The van der Waals surface area contributed by atoms with Gasteiger partial charge >= 0.3 is 5.97 Å². The average Bonchev–Trinajstić information content (AvgIpc) is 3.27. The number of aliphatic carboxylic acids is 1. The summed E-state index contributed by atoms with van der Waals surface area (Å²) < 4.78 is 7.38. The van der Waals surface area contributed by atoms with Gasteiger partial charge in [0.25, 0.3) is 0 Å². The minimum Gasteiger partial charge on any atom is -0.480 e. The molecule has 3 aromatic rings. The standard InChI is InChI=1S/C18H19N5O3/c1-2-26-13-8-15(18(24)25)22(10-13)16-14-9-21-23(17(14)20-11-19-16)12-6-4-3-5-7-12/h3-7,9,11,13,15H,2,8,10H2,1H3,(H,24,25)/t13-,15+/m1/s1. The van der Waals surface area contributed by atoms with Crippen LogP contribution in [0.3, 0.4) is 0 Å². The maximum atomic E-state index is 11.7. The van der Waals surface area contributed by atoms with Crippen molar-refractivity contribution in [3.63, 3.8) is 0 Å². The van der Waals surface area contributed by atoms with E-state index < -0.39 is 12.0 Å². The summed E-state index contributed by atoms with van der Waals surface area (Å²) in [5.41, 5.74) is 1.53. The number of rotatable bonds is 5. The van der Waals surface area contributed by atoms with Gasteiger partial charge in [-0.1, -0.05) is 18.2 Å². The first-order valence-corrected chi connectivity index (χ1v) is 8.54. The fourth-order valence-electron chi connectivity index (χ4n) is 3.44. The van der Waals surface area contributed by atoms with Gasteiger partial charge in [0.15, 0.2) is 5.65 Å². The summed E-state index contributed by atoms with van der Waals surface area (Å²) in [7, 11) is 0. The lowest BCUT2D eigenvalue weighted by molar-refractivity contribution is -0.138. The fourth-order valence-corrected chi connectivity index (χ4v) is 3.44. The van der Waals surface area contributed by atoms with E-state index in [0.717, 1.165) is 11.1 Å². The maximum absolute atomic E-state index is 11.7. The van der Waals surface area contributed by atoms with E-state index in [9.17, 15) is 9.90 Å². The minimum absolute atomic E-state index is 0.129. The van der Waals surface area contributed by atoms with Crippen LogP contribution in [-0.4, -0.2) is 56.1 Å². The number of hydrogen-bond donors (Lipinski definition) is 1. The lowest BCUT2D eigenvalue weighted by Crippen LogP contribution is -2.36. The molecule has 0 bridgehead atoms. The van der Waals surface area contributed by atoms with Gasteiger partial charge in [-0.2, -0.15) is 5.10 Å². The predicted octanol–water partition coefficient (Wildman–Crippen LogP) is 1.88. The molecule has 1 N–H and O–H groups in total. The fraction of sp³-hybridized carbons (Fsp3) is 0.333. The third-order valence-corrected chi connectivity index (χ3v) is 4.57. The molecule has 0 radical (unpaired) electrons.